The van der Waals surface area contributed by atoms with Gasteiger partial charge < -0.3 is 0 Å². The molecule has 0 radical (unpaired) electrons. The van der Waals surface area contributed by atoms with Crippen LogP contribution in [0.3, 0.4) is 0 Å². The highest BCUT2D eigenvalue weighted by Gasteiger charge is 2.20. The summed E-state index contributed by atoms with van der Waals surface area (Å²) in [6.45, 7) is 4.40. The zero-order valence-corrected chi connectivity index (χ0v) is 12.2. The molecule has 0 fully saturated rings. The molecule has 2 aromatic carbocycles. The lowest BCUT2D eigenvalue weighted by atomic mass is 9.88. The normalized spacial score (nSPS) is 16.9. The summed E-state index contributed by atoms with van der Waals surface area (Å²) in [5.74, 6) is 0.410. The summed E-state index contributed by atoms with van der Waals surface area (Å²) in [5, 5.41) is 0. The Balaban J connectivity index is 2.12. The van der Waals surface area contributed by atoms with E-state index in [0.717, 1.165) is 4.47 Å². The van der Waals surface area contributed by atoms with Crippen molar-refractivity contribution in [1.29, 1.82) is 0 Å². The van der Waals surface area contributed by atoms with E-state index in [0.29, 0.717) is 5.92 Å². The predicted octanol–water partition coefficient (Wildman–Crippen LogP) is 5.22. The van der Waals surface area contributed by atoms with Gasteiger partial charge in [-0.25, -0.2) is 0 Å². The molecule has 0 amide bonds. The van der Waals surface area contributed by atoms with Gasteiger partial charge in [-0.05, 0) is 53.8 Å². The lowest BCUT2D eigenvalue weighted by Crippen LogP contribution is -1.99. The Morgan fingerprint density at radius 1 is 1.00 bits per heavy atom. The van der Waals surface area contributed by atoms with Gasteiger partial charge in [-0.1, -0.05) is 52.3 Å². The molecule has 90 valence electrons. The van der Waals surface area contributed by atoms with Gasteiger partial charge in [-0.15, -0.1) is 0 Å². The van der Waals surface area contributed by atoms with E-state index in [4.69, 9.17) is 0 Å². The van der Waals surface area contributed by atoms with Crippen molar-refractivity contribution in [3.05, 3.63) is 74.8 Å². The molecular weight excluding hydrogens is 284 g/mol. The fourth-order valence-corrected chi connectivity index (χ4v) is 3.04. The highest BCUT2D eigenvalue weighted by Crippen LogP contribution is 2.38. The first-order valence-corrected chi connectivity index (χ1v) is 7.00. The van der Waals surface area contributed by atoms with Crippen LogP contribution in [0.15, 0.2) is 46.9 Å². The first-order chi connectivity index (χ1) is 8.66. The van der Waals surface area contributed by atoms with E-state index in [9.17, 15) is 0 Å². The second-order valence-corrected chi connectivity index (χ2v) is 5.81. The van der Waals surface area contributed by atoms with Crippen LogP contribution >= 0.6 is 15.9 Å². The maximum atomic E-state index is 3.53. The number of benzene rings is 2. The van der Waals surface area contributed by atoms with Gasteiger partial charge >= 0.3 is 0 Å². The van der Waals surface area contributed by atoms with Gasteiger partial charge in [-0.3, -0.25) is 0 Å². The monoisotopic (exact) mass is 298 g/mol. The Labute approximate surface area is 116 Å². The SMILES string of the molecule is Cc1cccc(C2C=Cc3cc(Br)ccc32)c1C. The number of rotatable bonds is 1. The van der Waals surface area contributed by atoms with Crippen molar-refractivity contribution in [3.63, 3.8) is 0 Å². The molecule has 18 heavy (non-hydrogen) atoms. The molecule has 2 aromatic rings. The average molecular weight is 299 g/mol. The number of hydrogen-bond acceptors (Lipinski definition) is 0. The minimum atomic E-state index is 0.410. The van der Waals surface area contributed by atoms with Gasteiger partial charge in [0.05, 0.1) is 0 Å². The van der Waals surface area contributed by atoms with Crippen LogP contribution in [0.2, 0.25) is 0 Å². The Kier molecular flexibility index (Phi) is 2.87. The fraction of sp³-hybridized carbons (Fsp3) is 0.176. The highest BCUT2D eigenvalue weighted by atomic mass is 79.9. The number of hydrogen-bond donors (Lipinski definition) is 0. The zero-order chi connectivity index (χ0) is 12.7. The third-order valence-electron chi connectivity index (χ3n) is 3.83. The molecule has 0 aliphatic heterocycles. The second-order valence-electron chi connectivity index (χ2n) is 4.90. The molecule has 1 atom stereocenters. The Morgan fingerprint density at radius 2 is 1.83 bits per heavy atom. The molecule has 0 bridgehead atoms. The maximum Gasteiger partial charge on any atom is 0.0281 e. The lowest BCUT2D eigenvalue weighted by Gasteiger charge is -2.16. The molecule has 3 rings (SSSR count). The van der Waals surface area contributed by atoms with Crippen LogP contribution < -0.4 is 0 Å². The smallest absolute Gasteiger partial charge is 0.0281 e. The highest BCUT2D eigenvalue weighted by molar-refractivity contribution is 9.10. The van der Waals surface area contributed by atoms with Gasteiger partial charge in [0.1, 0.15) is 0 Å². The van der Waals surface area contributed by atoms with Gasteiger partial charge in [0.2, 0.25) is 0 Å². The molecule has 0 spiro atoms. The van der Waals surface area contributed by atoms with Gasteiger partial charge in [0, 0.05) is 10.4 Å². The largest absolute Gasteiger partial charge is 0.0720 e. The van der Waals surface area contributed by atoms with E-state index in [2.05, 4.69) is 78.3 Å². The summed E-state index contributed by atoms with van der Waals surface area (Å²) in [4.78, 5) is 0. The van der Waals surface area contributed by atoms with Crippen LogP contribution in [-0.2, 0) is 0 Å². The van der Waals surface area contributed by atoms with Crippen LogP contribution in [0.1, 0.15) is 33.7 Å². The summed E-state index contributed by atoms with van der Waals surface area (Å²) in [5.41, 5.74) is 6.93. The molecule has 0 saturated heterocycles. The molecule has 1 heteroatoms. The van der Waals surface area contributed by atoms with E-state index in [1.165, 1.54) is 27.8 Å². The number of fused-ring (bicyclic) bond motifs is 1. The van der Waals surface area contributed by atoms with Crippen LogP contribution in [0, 0.1) is 13.8 Å². The van der Waals surface area contributed by atoms with E-state index in [1.54, 1.807) is 0 Å². The van der Waals surface area contributed by atoms with Gasteiger partial charge in [0.25, 0.3) is 0 Å². The summed E-state index contributed by atoms with van der Waals surface area (Å²) < 4.78 is 1.15. The van der Waals surface area contributed by atoms with E-state index in [1.807, 2.05) is 0 Å². The van der Waals surface area contributed by atoms with Crippen molar-refractivity contribution in [1.82, 2.24) is 0 Å². The third kappa shape index (κ3) is 1.83. The maximum absolute atomic E-state index is 3.53. The molecule has 1 aliphatic rings. The quantitative estimate of drug-likeness (QED) is 0.677. The second kappa shape index (κ2) is 4.40. The summed E-state index contributed by atoms with van der Waals surface area (Å²) in [6.07, 6.45) is 4.53. The predicted molar refractivity (Wildman–Crippen MR) is 80.9 cm³/mol. The lowest BCUT2D eigenvalue weighted by molar-refractivity contribution is 1.02. The molecule has 1 unspecified atom stereocenters. The van der Waals surface area contributed by atoms with Crippen LogP contribution in [0.25, 0.3) is 6.08 Å². The van der Waals surface area contributed by atoms with Crippen LogP contribution in [0.5, 0.6) is 0 Å². The van der Waals surface area contributed by atoms with Crippen molar-refractivity contribution >= 4 is 22.0 Å². The van der Waals surface area contributed by atoms with Crippen molar-refractivity contribution in [2.75, 3.05) is 0 Å². The van der Waals surface area contributed by atoms with E-state index in [-0.39, 0.29) is 0 Å². The van der Waals surface area contributed by atoms with Gasteiger partial charge in [0.15, 0.2) is 0 Å². The molecular formula is C17H15Br. The van der Waals surface area contributed by atoms with Gasteiger partial charge in [-0.2, -0.15) is 0 Å². The topological polar surface area (TPSA) is 0 Å². The fourth-order valence-electron chi connectivity index (χ4n) is 2.66. The van der Waals surface area contributed by atoms with Crippen molar-refractivity contribution in [3.8, 4) is 0 Å². The van der Waals surface area contributed by atoms with Crippen LogP contribution in [-0.4, -0.2) is 0 Å². The Bertz CT molecular complexity index is 638. The standard InChI is InChI=1S/C17H15Br/c1-11-4-3-5-15(12(11)2)17-8-6-13-10-14(18)7-9-16(13)17/h3-10,17H,1-2H3. The molecule has 0 heterocycles. The summed E-state index contributed by atoms with van der Waals surface area (Å²) >= 11 is 3.53. The third-order valence-corrected chi connectivity index (χ3v) is 4.33. The van der Waals surface area contributed by atoms with E-state index < -0.39 is 0 Å². The van der Waals surface area contributed by atoms with Crippen molar-refractivity contribution in [2.45, 2.75) is 19.8 Å². The van der Waals surface area contributed by atoms with E-state index >= 15 is 0 Å². The first-order valence-electron chi connectivity index (χ1n) is 6.20. The number of halogens is 1. The number of aryl methyl sites for hydroxylation is 1. The molecule has 0 N–H and O–H groups in total. The minimum Gasteiger partial charge on any atom is -0.0720 e. The molecule has 0 aromatic heterocycles. The van der Waals surface area contributed by atoms with Crippen molar-refractivity contribution in [2.24, 2.45) is 0 Å². The van der Waals surface area contributed by atoms with Crippen LogP contribution in [0.4, 0.5) is 0 Å². The summed E-state index contributed by atoms with van der Waals surface area (Å²) in [6, 6.07) is 13.1. The number of allylic oxidation sites excluding steroid dienone is 1. The minimum absolute atomic E-state index is 0.410. The van der Waals surface area contributed by atoms with Crippen molar-refractivity contribution < 1.29 is 0 Å². The average Bonchev–Trinajstić information content (AvgIpc) is 2.75. The zero-order valence-electron chi connectivity index (χ0n) is 10.6. The molecule has 0 saturated carbocycles. The first kappa shape index (κ1) is 11.7. The Hall–Kier alpha value is -1.34. The summed E-state index contributed by atoms with van der Waals surface area (Å²) in [7, 11) is 0. The Morgan fingerprint density at radius 3 is 2.67 bits per heavy atom. The molecule has 0 nitrogen and oxygen atoms in total. The molecule has 1 aliphatic carbocycles.